The van der Waals surface area contributed by atoms with Crippen LogP contribution in [0.4, 0.5) is 11.4 Å². The zero-order chi connectivity index (χ0) is 22.1. The van der Waals surface area contributed by atoms with Crippen molar-refractivity contribution < 1.29 is 13.5 Å². The summed E-state index contributed by atoms with van der Waals surface area (Å²) in [5, 5.41) is 11.8. The largest absolute Gasteiger partial charge is 0.399 e. The number of hydrogen-bond donors (Lipinski definition) is 2. The van der Waals surface area contributed by atoms with Crippen LogP contribution in [0.25, 0.3) is 0 Å². The Hall–Kier alpha value is -2.05. The zero-order valence-corrected chi connectivity index (χ0v) is 19.2. The van der Waals surface area contributed by atoms with Crippen molar-refractivity contribution in [1.29, 1.82) is 0 Å². The summed E-state index contributed by atoms with van der Waals surface area (Å²) >= 11 is 0. The third-order valence-electron chi connectivity index (χ3n) is 6.60. The molecule has 3 atom stereocenters. The summed E-state index contributed by atoms with van der Waals surface area (Å²) in [6.45, 7) is 4.08. The van der Waals surface area contributed by atoms with E-state index in [1.54, 1.807) is 6.07 Å². The summed E-state index contributed by atoms with van der Waals surface area (Å²) in [5.41, 5.74) is 8.39. The highest BCUT2D eigenvalue weighted by atomic mass is 32.2. The molecule has 0 fully saturated rings. The van der Waals surface area contributed by atoms with E-state index >= 15 is 0 Å². The third kappa shape index (κ3) is 4.75. The van der Waals surface area contributed by atoms with Gasteiger partial charge < -0.3 is 15.7 Å². The summed E-state index contributed by atoms with van der Waals surface area (Å²) in [6, 6.07) is 12.9. The lowest BCUT2D eigenvalue weighted by molar-refractivity contribution is 0.0174. The molecule has 2 aromatic rings. The molecule has 0 aromatic heterocycles. The maximum absolute atomic E-state index is 13.6. The predicted octanol–water partition coefficient (Wildman–Crippen LogP) is 4.84. The van der Waals surface area contributed by atoms with Gasteiger partial charge in [-0.15, -0.1) is 0 Å². The molecule has 0 bridgehead atoms. The number of rotatable bonds is 6. The number of unbranched alkanes of at least 4 members (excludes halogenated alkanes) is 1. The van der Waals surface area contributed by atoms with Gasteiger partial charge in [-0.05, 0) is 54.3 Å². The quantitative estimate of drug-likeness (QED) is 0.621. The van der Waals surface area contributed by atoms with Crippen LogP contribution >= 0.6 is 0 Å². The molecule has 0 saturated heterocycles. The van der Waals surface area contributed by atoms with E-state index < -0.39 is 27.3 Å². The van der Waals surface area contributed by atoms with E-state index in [4.69, 9.17) is 5.73 Å². The highest BCUT2D eigenvalue weighted by Gasteiger charge is 2.49. The smallest absolute Gasteiger partial charge is 0.179 e. The average molecular weight is 447 g/mol. The number of benzene rings is 2. The van der Waals surface area contributed by atoms with E-state index in [0.29, 0.717) is 29.0 Å². The van der Waals surface area contributed by atoms with Crippen LogP contribution in [0.15, 0.2) is 47.4 Å². The number of aliphatic hydroxyl groups is 1. The molecule has 0 aliphatic carbocycles. The third-order valence-corrected chi connectivity index (χ3v) is 8.60. The Bertz CT molecular complexity index is 1000. The second kappa shape index (κ2) is 9.61. The molecule has 3 unspecified atom stereocenters. The van der Waals surface area contributed by atoms with Gasteiger partial charge in [0, 0.05) is 36.8 Å². The summed E-state index contributed by atoms with van der Waals surface area (Å²) in [7, 11) is 0.289. The van der Waals surface area contributed by atoms with Gasteiger partial charge >= 0.3 is 0 Å². The van der Waals surface area contributed by atoms with Crippen molar-refractivity contribution in [2.75, 3.05) is 30.5 Å². The van der Waals surface area contributed by atoms with Gasteiger partial charge in [0.05, 0.1) is 16.8 Å². The summed E-state index contributed by atoms with van der Waals surface area (Å²) in [4.78, 5) is 2.27. The Balaban J connectivity index is 0.00000341. The maximum atomic E-state index is 13.6. The van der Waals surface area contributed by atoms with Crippen molar-refractivity contribution >= 4 is 21.2 Å². The molecule has 172 valence electrons. The molecule has 6 heteroatoms. The van der Waals surface area contributed by atoms with Crippen molar-refractivity contribution in [2.45, 2.75) is 63.9 Å². The van der Waals surface area contributed by atoms with Crippen LogP contribution in [0.3, 0.4) is 0 Å². The Morgan fingerprint density at radius 1 is 1.16 bits per heavy atom. The van der Waals surface area contributed by atoms with Gasteiger partial charge in [0.2, 0.25) is 0 Å². The monoisotopic (exact) mass is 446 g/mol. The molecule has 1 heterocycles. The number of fused-ring (bicyclic) bond motifs is 1. The molecule has 5 nitrogen and oxygen atoms in total. The average Bonchev–Trinajstić information content (AvgIpc) is 2.77. The second-order valence-corrected chi connectivity index (χ2v) is 10.7. The number of sulfone groups is 1. The van der Waals surface area contributed by atoms with E-state index in [2.05, 4.69) is 6.92 Å². The van der Waals surface area contributed by atoms with Gasteiger partial charge in [0.25, 0.3) is 0 Å². The van der Waals surface area contributed by atoms with Crippen molar-refractivity contribution in [3.05, 3.63) is 53.6 Å². The maximum Gasteiger partial charge on any atom is 0.179 e. The second-order valence-electron chi connectivity index (χ2n) is 8.79. The minimum absolute atomic E-state index is 0. The lowest BCUT2D eigenvalue weighted by atomic mass is 9.69. The SMILES string of the molecule is C.CCCCC1(CC)CS(=O)(=O)c2ccc(N(C)C)cc2C(c2cccc(N)c2)C1O. The van der Waals surface area contributed by atoms with Crippen molar-refractivity contribution in [2.24, 2.45) is 5.41 Å². The fourth-order valence-corrected chi connectivity index (χ4v) is 7.01. The minimum Gasteiger partial charge on any atom is -0.399 e. The molecule has 2 aromatic carbocycles. The van der Waals surface area contributed by atoms with Crippen molar-refractivity contribution in [3.63, 3.8) is 0 Å². The first-order chi connectivity index (χ1) is 14.1. The van der Waals surface area contributed by atoms with Crippen LogP contribution in [-0.2, 0) is 9.84 Å². The Kier molecular flexibility index (Phi) is 7.82. The van der Waals surface area contributed by atoms with Gasteiger partial charge in [-0.3, -0.25) is 0 Å². The molecule has 1 aliphatic heterocycles. The lowest BCUT2D eigenvalue weighted by Gasteiger charge is -2.39. The highest BCUT2D eigenvalue weighted by Crippen LogP contribution is 2.49. The van der Waals surface area contributed by atoms with Crippen LogP contribution < -0.4 is 10.6 Å². The van der Waals surface area contributed by atoms with E-state index in [-0.39, 0.29) is 13.2 Å². The number of nitrogens with zero attached hydrogens (tertiary/aromatic N) is 1. The summed E-state index contributed by atoms with van der Waals surface area (Å²) in [5.74, 6) is -0.498. The first-order valence-electron chi connectivity index (χ1n) is 10.7. The molecule has 0 spiro atoms. The lowest BCUT2D eigenvalue weighted by Crippen LogP contribution is -2.42. The molecule has 1 aliphatic rings. The van der Waals surface area contributed by atoms with Crippen LogP contribution in [0.1, 0.15) is 64.0 Å². The van der Waals surface area contributed by atoms with E-state index in [1.165, 1.54) is 0 Å². The zero-order valence-electron chi connectivity index (χ0n) is 18.4. The highest BCUT2D eigenvalue weighted by molar-refractivity contribution is 7.91. The fourth-order valence-electron chi connectivity index (χ4n) is 4.76. The number of nitrogen functional groups attached to an aromatic ring is 1. The van der Waals surface area contributed by atoms with Crippen LogP contribution in [-0.4, -0.2) is 39.5 Å². The number of hydrogen-bond acceptors (Lipinski definition) is 5. The Morgan fingerprint density at radius 3 is 2.45 bits per heavy atom. The first-order valence-corrected chi connectivity index (χ1v) is 12.4. The van der Waals surface area contributed by atoms with Gasteiger partial charge in [0.15, 0.2) is 9.84 Å². The molecule has 0 saturated carbocycles. The van der Waals surface area contributed by atoms with Gasteiger partial charge in [0.1, 0.15) is 0 Å². The molecule has 3 rings (SSSR count). The molecule has 31 heavy (non-hydrogen) atoms. The predicted molar refractivity (Wildman–Crippen MR) is 131 cm³/mol. The molecular formula is C25H38N2O3S. The molecule has 0 radical (unpaired) electrons. The van der Waals surface area contributed by atoms with Gasteiger partial charge in [-0.25, -0.2) is 8.42 Å². The standard InChI is InChI=1S/C24H34N2O3S.CH4/c1-5-7-13-24(6-2)16-30(28,29)21-12-11-19(26(3)4)15-20(21)22(23(24)27)17-9-8-10-18(25)14-17;/h8-12,14-15,22-23,27H,5-7,13,16,25H2,1-4H3;1H4. The normalized spacial score (nSPS) is 24.5. The first kappa shape index (κ1) is 25.2. The number of nitrogens with two attached hydrogens (primary N) is 1. The Labute approximate surface area is 188 Å². The van der Waals surface area contributed by atoms with Crippen molar-refractivity contribution in [3.8, 4) is 0 Å². The fraction of sp³-hybridized carbons (Fsp3) is 0.520. The summed E-state index contributed by atoms with van der Waals surface area (Å²) < 4.78 is 27.1. The van der Waals surface area contributed by atoms with E-state index in [0.717, 1.165) is 24.1 Å². The molecule has 0 amide bonds. The van der Waals surface area contributed by atoms with Gasteiger partial charge in [-0.1, -0.05) is 46.2 Å². The summed E-state index contributed by atoms with van der Waals surface area (Å²) in [6.07, 6.45) is 2.27. The number of aliphatic hydroxyl groups excluding tert-OH is 1. The molecular weight excluding hydrogens is 408 g/mol. The van der Waals surface area contributed by atoms with Crippen LogP contribution in [0.5, 0.6) is 0 Å². The minimum atomic E-state index is -3.56. The van der Waals surface area contributed by atoms with E-state index in [1.807, 2.05) is 62.3 Å². The Morgan fingerprint density at radius 2 is 1.87 bits per heavy atom. The van der Waals surface area contributed by atoms with Crippen molar-refractivity contribution in [1.82, 2.24) is 0 Å². The van der Waals surface area contributed by atoms with Gasteiger partial charge in [-0.2, -0.15) is 0 Å². The number of anilines is 2. The van der Waals surface area contributed by atoms with Crippen LogP contribution in [0, 0.1) is 5.41 Å². The molecule has 3 N–H and O–H groups in total. The van der Waals surface area contributed by atoms with E-state index in [9.17, 15) is 13.5 Å². The topological polar surface area (TPSA) is 83.6 Å². The van der Waals surface area contributed by atoms with Crippen LogP contribution in [0.2, 0.25) is 0 Å².